The summed E-state index contributed by atoms with van der Waals surface area (Å²) in [6.45, 7) is 0.806. The molecule has 0 aliphatic carbocycles. The second-order valence-electron chi connectivity index (χ2n) is 4.39. The first-order valence-corrected chi connectivity index (χ1v) is 6.93. The largest absolute Gasteiger partial charge is 0.329 e. The number of nitrogens with one attached hydrogen (secondary N) is 1. The van der Waals surface area contributed by atoms with Crippen molar-refractivity contribution in [2.75, 3.05) is 6.54 Å². The summed E-state index contributed by atoms with van der Waals surface area (Å²) in [4.78, 5) is 19.0. The van der Waals surface area contributed by atoms with Gasteiger partial charge in [0.05, 0.1) is 23.4 Å². The molecule has 3 rings (SSSR count). The third-order valence-corrected chi connectivity index (χ3v) is 4.05. The van der Waals surface area contributed by atoms with Crippen molar-refractivity contribution in [1.82, 2.24) is 20.1 Å². The van der Waals surface area contributed by atoms with Crippen molar-refractivity contribution in [3.63, 3.8) is 0 Å². The molecule has 3 heterocycles. The number of carbonyl (C=O) groups is 1. The number of hydrogen-bond acceptors (Lipinski definition) is 4. The van der Waals surface area contributed by atoms with Crippen molar-refractivity contribution in [3.8, 4) is 0 Å². The van der Waals surface area contributed by atoms with Crippen LogP contribution in [0.5, 0.6) is 0 Å². The molecule has 0 bridgehead atoms. The summed E-state index contributed by atoms with van der Waals surface area (Å²) in [6.07, 6.45) is 6.59. The maximum atomic E-state index is 12.4. The van der Waals surface area contributed by atoms with Gasteiger partial charge in [-0.2, -0.15) is 5.10 Å². The number of thiazole rings is 1. The fourth-order valence-corrected chi connectivity index (χ4v) is 2.99. The number of hydrogen-bond donors (Lipinski definition) is 1. The summed E-state index contributed by atoms with van der Waals surface area (Å²) in [7, 11) is 0. The molecule has 0 unspecified atom stereocenters. The molecule has 2 aromatic heterocycles. The first kappa shape index (κ1) is 11.4. The molecule has 94 valence electrons. The van der Waals surface area contributed by atoms with Crippen molar-refractivity contribution in [3.05, 3.63) is 34.5 Å². The first-order chi connectivity index (χ1) is 8.86. The zero-order chi connectivity index (χ0) is 12.4. The number of likely N-dealkylation sites (tertiary alicyclic amines) is 1. The van der Waals surface area contributed by atoms with E-state index in [1.807, 2.05) is 11.0 Å². The molecule has 0 spiro atoms. The van der Waals surface area contributed by atoms with E-state index in [4.69, 9.17) is 0 Å². The van der Waals surface area contributed by atoms with Gasteiger partial charge in [0, 0.05) is 12.7 Å². The highest BCUT2D eigenvalue weighted by Gasteiger charge is 2.29. The Bertz CT molecular complexity index is 508. The van der Waals surface area contributed by atoms with E-state index < -0.39 is 0 Å². The molecule has 1 atom stereocenters. The van der Waals surface area contributed by atoms with Crippen LogP contribution in [0.3, 0.4) is 0 Å². The smallest absolute Gasteiger partial charge is 0.266 e. The van der Waals surface area contributed by atoms with Gasteiger partial charge in [0.15, 0.2) is 0 Å². The Hall–Kier alpha value is -1.69. The van der Waals surface area contributed by atoms with Gasteiger partial charge in [0.25, 0.3) is 5.91 Å². The Morgan fingerprint density at radius 2 is 2.44 bits per heavy atom. The van der Waals surface area contributed by atoms with Crippen LogP contribution < -0.4 is 0 Å². The Labute approximate surface area is 109 Å². The minimum Gasteiger partial charge on any atom is -0.329 e. The molecule has 0 saturated carbocycles. The Balaban J connectivity index is 1.86. The number of nitrogens with zero attached hydrogens (tertiary/aromatic N) is 3. The van der Waals surface area contributed by atoms with Crippen LogP contribution in [0.4, 0.5) is 0 Å². The van der Waals surface area contributed by atoms with Crippen molar-refractivity contribution in [2.24, 2.45) is 0 Å². The van der Waals surface area contributed by atoms with E-state index in [2.05, 4.69) is 15.2 Å². The van der Waals surface area contributed by atoms with E-state index in [1.165, 1.54) is 11.3 Å². The Morgan fingerprint density at radius 1 is 1.50 bits per heavy atom. The van der Waals surface area contributed by atoms with Crippen LogP contribution in [0.25, 0.3) is 0 Å². The maximum Gasteiger partial charge on any atom is 0.266 e. The van der Waals surface area contributed by atoms with Crippen LogP contribution in [-0.4, -0.2) is 32.5 Å². The number of aromatic nitrogens is 3. The standard InChI is InChI=1S/C12H14N4OS/c17-12(11-7-13-8-18-11)16-6-2-1-3-10(16)9-4-5-14-15-9/h4-5,7-8,10H,1-3,6H2,(H,14,15)/t10-/m1/s1. The van der Waals surface area contributed by atoms with E-state index in [1.54, 1.807) is 17.9 Å². The van der Waals surface area contributed by atoms with Crippen LogP contribution in [0, 0.1) is 0 Å². The normalized spacial score (nSPS) is 20.0. The minimum absolute atomic E-state index is 0.0804. The summed E-state index contributed by atoms with van der Waals surface area (Å²) < 4.78 is 0. The topological polar surface area (TPSA) is 61.9 Å². The number of piperidine rings is 1. The summed E-state index contributed by atoms with van der Waals surface area (Å²) in [5.74, 6) is 0.0804. The van der Waals surface area contributed by atoms with Gasteiger partial charge in [-0.05, 0) is 25.3 Å². The monoisotopic (exact) mass is 262 g/mol. The zero-order valence-electron chi connectivity index (χ0n) is 9.87. The summed E-state index contributed by atoms with van der Waals surface area (Å²) in [5.41, 5.74) is 2.72. The highest BCUT2D eigenvalue weighted by molar-refractivity contribution is 7.11. The molecule has 0 aromatic carbocycles. The van der Waals surface area contributed by atoms with Gasteiger partial charge in [0.1, 0.15) is 4.88 Å². The lowest BCUT2D eigenvalue weighted by molar-refractivity contribution is 0.0611. The quantitative estimate of drug-likeness (QED) is 0.902. The summed E-state index contributed by atoms with van der Waals surface area (Å²) >= 11 is 1.40. The number of H-pyrrole nitrogens is 1. The molecule has 1 amide bonds. The second kappa shape index (κ2) is 4.89. The predicted molar refractivity (Wildman–Crippen MR) is 68.3 cm³/mol. The van der Waals surface area contributed by atoms with Crippen LogP contribution in [0.2, 0.25) is 0 Å². The average molecular weight is 262 g/mol. The van der Waals surface area contributed by atoms with Crippen molar-refractivity contribution in [1.29, 1.82) is 0 Å². The first-order valence-electron chi connectivity index (χ1n) is 6.05. The molecular formula is C12H14N4OS. The van der Waals surface area contributed by atoms with E-state index in [-0.39, 0.29) is 11.9 Å². The lowest BCUT2D eigenvalue weighted by Crippen LogP contribution is -2.38. The van der Waals surface area contributed by atoms with Gasteiger partial charge < -0.3 is 4.90 Å². The maximum absolute atomic E-state index is 12.4. The van der Waals surface area contributed by atoms with Crippen LogP contribution in [-0.2, 0) is 0 Å². The molecule has 1 saturated heterocycles. The Kier molecular flexibility index (Phi) is 3.10. The summed E-state index contributed by atoms with van der Waals surface area (Å²) in [6, 6.07) is 2.07. The number of rotatable bonds is 2. The lowest BCUT2D eigenvalue weighted by atomic mass is 9.99. The van der Waals surface area contributed by atoms with Gasteiger partial charge in [0.2, 0.25) is 0 Å². The zero-order valence-corrected chi connectivity index (χ0v) is 10.7. The predicted octanol–water partition coefficient (Wildman–Crippen LogP) is 2.23. The third-order valence-electron chi connectivity index (χ3n) is 3.29. The molecule has 1 N–H and O–H groups in total. The van der Waals surface area contributed by atoms with Crippen LogP contribution in [0.1, 0.15) is 40.7 Å². The minimum atomic E-state index is 0.0804. The van der Waals surface area contributed by atoms with E-state index >= 15 is 0 Å². The highest BCUT2D eigenvalue weighted by Crippen LogP contribution is 2.31. The molecule has 1 fully saturated rings. The van der Waals surface area contributed by atoms with Gasteiger partial charge >= 0.3 is 0 Å². The molecule has 5 nitrogen and oxygen atoms in total. The third kappa shape index (κ3) is 2.03. The second-order valence-corrected chi connectivity index (χ2v) is 5.27. The molecule has 2 aromatic rings. The molecule has 1 aliphatic heterocycles. The highest BCUT2D eigenvalue weighted by atomic mass is 32.1. The van der Waals surface area contributed by atoms with Gasteiger partial charge in [-0.25, -0.2) is 0 Å². The Morgan fingerprint density at radius 3 is 3.17 bits per heavy atom. The van der Waals surface area contributed by atoms with Crippen molar-refractivity contribution < 1.29 is 4.79 Å². The van der Waals surface area contributed by atoms with E-state index in [9.17, 15) is 4.79 Å². The van der Waals surface area contributed by atoms with Gasteiger partial charge in [-0.15, -0.1) is 11.3 Å². The molecule has 18 heavy (non-hydrogen) atoms. The van der Waals surface area contributed by atoms with Crippen molar-refractivity contribution >= 4 is 17.2 Å². The molecular weight excluding hydrogens is 248 g/mol. The van der Waals surface area contributed by atoms with E-state index in [0.29, 0.717) is 4.88 Å². The fraction of sp³-hybridized carbons (Fsp3) is 0.417. The van der Waals surface area contributed by atoms with Gasteiger partial charge in [-0.3, -0.25) is 14.9 Å². The van der Waals surface area contributed by atoms with Gasteiger partial charge in [-0.1, -0.05) is 0 Å². The molecule has 6 heteroatoms. The lowest BCUT2D eigenvalue weighted by Gasteiger charge is -2.34. The van der Waals surface area contributed by atoms with Crippen LogP contribution in [0.15, 0.2) is 24.0 Å². The van der Waals surface area contributed by atoms with Crippen molar-refractivity contribution in [2.45, 2.75) is 25.3 Å². The fourth-order valence-electron chi connectivity index (χ4n) is 2.41. The average Bonchev–Trinajstić information content (AvgIpc) is 3.11. The molecule has 0 radical (unpaired) electrons. The van der Waals surface area contributed by atoms with Crippen LogP contribution >= 0.6 is 11.3 Å². The van der Waals surface area contributed by atoms with E-state index in [0.717, 1.165) is 31.5 Å². The SMILES string of the molecule is O=C(c1cncs1)N1CCCC[C@@H]1c1ccn[nH]1. The molecule has 1 aliphatic rings. The summed E-state index contributed by atoms with van der Waals surface area (Å²) in [5, 5.41) is 6.96. The number of aromatic amines is 1. The number of carbonyl (C=O) groups excluding carboxylic acids is 1. The number of amides is 1.